The van der Waals surface area contributed by atoms with Crippen LogP contribution >= 0.6 is 0 Å². The van der Waals surface area contributed by atoms with Crippen LogP contribution in [0.4, 0.5) is 10.1 Å². The second-order valence-electron chi connectivity index (χ2n) is 2.53. The van der Waals surface area contributed by atoms with Crippen molar-refractivity contribution in [2.75, 3.05) is 5.32 Å². The first kappa shape index (κ1) is 10.8. The monoisotopic (exact) mass is 210 g/mol. The highest BCUT2D eigenvalue weighted by molar-refractivity contribution is 6.02. The predicted octanol–water partition coefficient (Wildman–Crippen LogP) is 0.800. The Labute approximate surface area is 84.3 Å². The Bertz CT molecular complexity index is 400. The first-order valence-electron chi connectivity index (χ1n) is 3.91. The van der Waals surface area contributed by atoms with Crippen LogP contribution < -0.4 is 5.32 Å². The highest BCUT2D eigenvalue weighted by Crippen LogP contribution is 2.04. The Morgan fingerprint density at radius 3 is 2.67 bits per heavy atom. The summed E-state index contributed by atoms with van der Waals surface area (Å²) in [5.74, 6) is -2.50. The number of hydrogen-bond donors (Lipinski definition) is 2. The van der Waals surface area contributed by atoms with Gasteiger partial charge in [0.1, 0.15) is 0 Å². The van der Waals surface area contributed by atoms with E-state index in [2.05, 4.69) is 10.3 Å². The average molecular weight is 210 g/mol. The van der Waals surface area contributed by atoms with Gasteiger partial charge in [-0.25, -0.2) is 9.78 Å². The molecule has 0 unspecified atom stereocenters. The van der Waals surface area contributed by atoms with E-state index in [-0.39, 0.29) is 5.69 Å². The van der Waals surface area contributed by atoms with E-state index in [4.69, 9.17) is 5.11 Å². The third kappa shape index (κ3) is 3.99. The summed E-state index contributed by atoms with van der Waals surface area (Å²) in [6, 6.07) is 2.39. The number of hydrogen-bond acceptors (Lipinski definition) is 3. The molecular weight excluding hydrogens is 203 g/mol. The van der Waals surface area contributed by atoms with Crippen molar-refractivity contribution in [2.45, 2.75) is 0 Å². The van der Waals surface area contributed by atoms with Gasteiger partial charge in [-0.1, -0.05) is 0 Å². The van der Waals surface area contributed by atoms with Crippen molar-refractivity contribution in [1.29, 1.82) is 0 Å². The van der Waals surface area contributed by atoms with Gasteiger partial charge in [0.15, 0.2) is 0 Å². The molecular formula is C9H7FN2O3. The van der Waals surface area contributed by atoms with Gasteiger partial charge in [0.25, 0.3) is 0 Å². The van der Waals surface area contributed by atoms with E-state index in [1.807, 2.05) is 0 Å². The minimum atomic E-state index is -1.22. The second kappa shape index (κ2) is 4.85. The van der Waals surface area contributed by atoms with E-state index in [0.717, 1.165) is 18.3 Å². The molecule has 0 aliphatic heterocycles. The second-order valence-corrected chi connectivity index (χ2v) is 2.53. The molecule has 1 rings (SSSR count). The summed E-state index contributed by atoms with van der Waals surface area (Å²) in [5.41, 5.74) is 0.288. The topological polar surface area (TPSA) is 79.3 Å². The van der Waals surface area contributed by atoms with Crippen LogP contribution in [0.1, 0.15) is 0 Å². The molecule has 6 heteroatoms. The first-order chi connectivity index (χ1) is 7.08. The third-order valence-electron chi connectivity index (χ3n) is 1.37. The van der Waals surface area contributed by atoms with Crippen LogP contribution in [-0.4, -0.2) is 22.0 Å². The maximum absolute atomic E-state index is 12.4. The molecule has 0 saturated heterocycles. The molecule has 0 aliphatic rings. The zero-order valence-corrected chi connectivity index (χ0v) is 7.48. The lowest BCUT2D eigenvalue weighted by atomic mass is 10.4. The Morgan fingerprint density at radius 1 is 1.40 bits per heavy atom. The van der Waals surface area contributed by atoms with Gasteiger partial charge < -0.3 is 10.4 Å². The molecule has 1 aromatic rings. The smallest absolute Gasteiger partial charge is 0.328 e. The fourth-order valence-electron chi connectivity index (χ4n) is 0.781. The van der Waals surface area contributed by atoms with Gasteiger partial charge in [-0.3, -0.25) is 4.79 Å². The van der Waals surface area contributed by atoms with E-state index in [1.165, 1.54) is 6.07 Å². The standard InChI is InChI=1S/C9H7FN2O3/c10-7-2-1-6(5-11-7)12-8(13)3-4-9(14)15/h1-5H,(H,12,13)(H,14,15)/b4-3+. The Kier molecular flexibility index (Phi) is 3.50. The number of halogens is 1. The minimum absolute atomic E-state index is 0.288. The third-order valence-corrected chi connectivity index (χ3v) is 1.37. The van der Waals surface area contributed by atoms with Crippen LogP contribution in [0.5, 0.6) is 0 Å². The van der Waals surface area contributed by atoms with Gasteiger partial charge in [0, 0.05) is 12.2 Å². The number of carbonyl (C=O) groups is 2. The lowest BCUT2D eigenvalue weighted by molar-refractivity contribution is -0.131. The number of anilines is 1. The largest absolute Gasteiger partial charge is 0.478 e. The Balaban J connectivity index is 2.59. The molecule has 78 valence electrons. The summed E-state index contributed by atoms with van der Waals surface area (Å²) in [7, 11) is 0. The number of carboxylic acids is 1. The number of amides is 1. The summed E-state index contributed by atoms with van der Waals surface area (Å²) >= 11 is 0. The fraction of sp³-hybridized carbons (Fsp3) is 0. The molecule has 0 aromatic carbocycles. The van der Waals surface area contributed by atoms with Crippen molar-refractivity contribution in [3.05, 3.63) is 36.4 Å². The predicted molar refractivity (Wildman–Crippen MR) is 49.6 cm³/mol. The van der Waals surface area contributed by atoms with Gasteiger partial charge in [-0.05, 0) is 12.1 Å². The Hall–Kier alpha value is -2.24. The number of aromatic nitrogens is 1. The number of aliphatic carboxylic acids is 1. The van der Waals surface area contributed by atoms with Crippen LogP contribution in [0, 0.1) is 5.95 Å². The molecule has 5 nitrogen and oxygen atoms in total. The first-order valence-corrected chi connectivity index (χ1v) is 3.91. The maximum atomic E-state index is 12.4. The van der Waals surface area contributed by atoms with E-state index < -0.39 is 17.8 Å². The molecule has 1 aromatic heterocycles. The number of nitrogens with zero attached hydrogens (tertiary/aromatic N) is 1. The molecule has 0 atom stereocenters. The van der Waals surface area contributed by atoms with Crippen molar-refractivity contribution in [3.63, 3.8) is 0 Å². The van der Waals surface area contributed by atoms with Crippen LogP contribution in [0.15, 0.2) is 30.5 Å². The molecule has 0 aliphatic carbocycles. The fourth-order valence-corrected chi connectivity index (χ4v) is 0.781. The maximum Gasteiger partial charge on any atom is 0.328 e. The summed E-state index contributed by atoms with van der Waals surface area (Å²) in [6.45, 7) is 0. The number of pyridine rings is 1. The lowest BCUT2D eigenvalue weighted by Gasteiger charge is -1.99. The van der Waals surface area contributed by atoms with Crippen molar-refractivity contribution in [3.8, 4) is 0 Å². The zero-order valence-electron chi connectivity index (χ0n) is 7.48. The van der Waals surface area contributed by atoms with Crippen molar-refractivity contribution in [2.24, 2.45) is 0 Å². The van der Waals surface area contributed by atoms with Crippen molar-refractivity contribution < 1.29 is 19.1 Å². The number of rotatable bonds is 3. The van der Waals surface area contributed by atoms with E-state index in [9.17, 15) is 14.0 Å². The molecule has 2 N–H and O–H groups in total. The van der Waals surface area contributed by atoms with Gasteiger partial charge in [-0.2, -0.15) is 4.39 Å². The Morgan fingerprint density at radius 2 is 2.13 bits per heavy atom. The lowest BCUT2D eigenvalue weighted by Crippen LogP contribution is -2.08. The molecule has 1 amide bonds. The van der Waals surface area contributed by atoms with Crippen LogP contribution in [0.2, 0.25) is 0 Å². The van der Waals surface area contributed by atoms with E-state index >= 15 is 0 Å². The average Bonchev–Trinajstić information content (AvgIpc) is 2.19. The molecule has 0 radical (unpaired) electrons. The zero-order chi connectivity index (χ0) is 11.3. The van der Waals surface area contributed by atoms with E-state index in [0.29, 0.717) is 6.08 Å². The van der Waals surface area contributed by atoms with Gasteiger partial charge in [0.05, 0.1) is 11.9 Å². The molecule has 1 heterocycles. The summed E-state index contributed by atoms with van der Waals surface area (Å²) in [4.78, 5) is 24.4. The van der Waals surface area contributed by atoms with Crippen LogP contribution in [0.3, 0.4) is 0 Å². The molecule has 15 heavy (non-hydrogen) atoms. The summed E-state index contributed by atoms with van der Waals surface area (Å²) < 4.78 is 12.4. The highest BCUT2D eigenvalue weighted by Gasteiger charge is 1.99. The van der Waals surface area contributed by atoms with Crippen LogP contribution in [0.25, 0.3) is 0 Å². The normalized spacial score (nSPS) is 10.2. The van der Waals surface area contributed by atoms with Gasteiger partial charge in [-0.15, -0.1) is 0 Å². The quantitative estimate of drug-likeness (QED) is 0.571. The molecule has 0 bridgehead atoms. The number of carboxylic acid groups (broad SMARTS) is 1. The van der Waals surface area contributed by atoms with E-state index in [1.54, 1.807) is 0 Å². The minimum Gasteiger partial charge on any atom is -0.478 e. The van der Waals surface area contributed by atoms with Gasteiger partial charge in [0.2, 0.25) is 11.9 Å². The highest BCUT2D eigenvalue weighted by atomic mass is 19.1. The summed E-state index contributed by atoms with van der Waals surface area (Å²) in [5, 5.41) is 10.5. The number of nitrogens with one attached hydrogen (secondary N) is 1. The van der Waals surface area contributed by atoms with Crippen molar-refractivity contribution >= 4 is 17.6 Å². The van der Waals surface area contributed by atoms with Gasteiger partial charge >= 0.3 is 5.97 Å². The SMILES string of the molecule is O=C(O)/C=C/C(=O)Nc1ccc(F)nc1. The van der Waals surface area contributed by atoms with Crippen LogP contribution in [-0.2, 0) is 9.59 Å². The molecule has 0 spiro atoms. The van der Waals surface area contributed by atoms with Crippen molar-refractivity contribution in [1.82, 2.24) is 4.98 Å². The summed E-state index contributed by atoms with van der Waals surface area (Å²) in [6.07, 6.45) is 2.68. The molecule has 0 saturated carbocycles. The molecule has 0 fully saturated rings. The number of carbonyl (C=O) groups excluding carboxylic acids is 1.